The van der Waals surface area contributed by atoms with Crippen LogP contribution in [0.4, 0.5) is 0 Å². The van der Waals surface area contributed by atoms with Crippen molar-refractivity contribution < 1.29 is 8.42 Å². The van der Waals surface area contributed by atoms with Crippen LogP contribution in [0.2, 0.25) is 0 Å². The largest absolute Gasteiger partial charge is 0.248 e. The minimum atomic E-state index is -3.30. The summed E-state index contributed by atoms with van der Waals surface area (Å²) < 4.78 is 28.8. The second-order valence-electron chi connectivity index (χ2n) is 6.94. The lowest BCUT2D eigenvalue weighted by Gasteiger charge is -2.16. The first kappa shape index (κ1) is 15.8. The van der Waals surface area contributed by atoms with Gasteiger partial charge in [-0.05, 0) is 31.7 Å². The summed E-state index contributed by atoms with van der Waals surface area (Å²) in [6.07, 6.45) is 5.18. The Kier molecular flexibility index (Phi) is 3.92. The van der Waals surface area contributed by atoms with Crippen LogP contribution in [0, 0.1) is 6.92 Å². The molecule has 2 fully saturated rings. The Morgan fingerprint density at radius 1 is 1.25 bits per heavy atom. The highest BCUT2D eigenvalue weighted by Gasteiger charge is 2.34. The molecular weight excluding hydrogens is 324 g/mol. The number of rotatable bonds is 5. The maximum Gasteiger partial charge on any atom is 0.218 e. The highest BCUT2D eigenvalue weighted by atomic mass is 32.2. The summed E-state index contributed by atoms with van der Waals surface area (Å²) in [5.41, 5.74) is 2.98. The van der Waals surface area contributed by atoms with Gasteiger partial charge in [-0.1, -0.05) is 35.0 Å². The summed E-state index contributed by atoms with van der Waals surface area (Å²) in [7, 11) is -3.30. The number of aryl methyl sites for hydroxylation is 1. The molecule has 7 heteroatoms. The molecule has 1 saturated carbocycles. The Bertz CT molecular complexity index is 842. The molecule has 1 aromatic heterocycles. The summed E-state index contributed by atoms with van der Waals surface area (Å²) in [6.45, 7) is 3.02. The van der Waals surface area contributed by atoms with Crippen LogP contribution in [0.5, 0.6) is 0 Å². The first-order valence-corrected chi connectivity index (χ1v) is 10.1. The van der Waals surface area contributed by atoms with Gasteiger partial charge in [0.1, 0.15) is 0 Å². The monoisotopic (exact) mass is 346 g/mol. The zero-order valence-electron chi connectivity index (χ0n) is 13.8. The number of nitrogens with zero attached hydrogens (tertiary/aromatic N) is 4. The molecule has 1 unspecified atom stereocenters. The Hall–Kier alpha value is -1.73. The van der Waals surface area contributed by atoms with Crippen molar-refractivity contribution in [3.05, 3.63) is 47.3 Å². The number of hydrogen-bond donors (Lipinski definition) is 0. The van der Waals surface area contributed by atoms with Crippen LogP contribution in [-0.2, 0) is 15.8 Å². The van der Waals surface area contributed by atoms with Gasteiger partial charge in [0, 0.05) is 25.2 Å². The molecule has 128 valence electrons. The van der Waals surface area contributed by atoms with Gasteiger partial charge in [-0.25, -0.2) is 13.1 Å². The van der Waals surface area contributed by atoms with E-state index in [0.717, 1.165) is 23.2 Å². The van der Waals surface area contributed by atoms with E-state index in [1.54, 1.807) is 4.31 Å². The quantitative estimate of drug-likeness (QED) is 0.833. The van der Waals surface area contributed by atoms with E-state index in [9.17, 15) is 8.42 Å². The summed E-state index contributed by atoms with van der Waals surface area (Å²) in [5, 5.41) is 8.45. The molecule has 2 aliphatic rings. The highest BCUT2D eigenvalue weighted by molar-refractivity contribution is 7.88. The lowest BCUT2D eigenvalue weighted by molar-refractivity contribution is 0.428. The minimum Gasteiger partial charge on any atom is -0.248 e. The molecule has 24 heavy (non-hydrogen) atoms. The van der Waals surface area contributed by atoms with E-state index in [-0.39, 0.29) is 11.8 Å². The molecule has 1 atom stereocenters. The van der Waals surface area contributed by atoms with Crippen LogP contribution in [0.25, 0.3) is 0 Å². The summed E-state index contributed by atoms with van der Waals surface area (Å²) in [6, 6.07) is 7.78. The van der Waals surface area contributed by atoms with Gasteiger partial charge in [0.05, 0.1) is 17.5 Å². The van der Waals surface area contributed by atoms with Gasteiger partial charge in [0.15, 0.2) is 0 Å². The van der Waals surface area contributed by atoms with E-state index >= 15 is 0 Å². The van der Waals surface area contributed by atoms with E-state index in [1.807, 2.05) is 42.1 Å². The van der Waals surface area contributed by atoms with Crippen molar-refractivity contribution in [1.82, 2.24) is 19.3 Å². The van der Waals surface area contributed by atoms with Gasteiger partial charge < -0.3 is 0 Å². The van der Waals surface area contributed by atoms with Crippen LogP contribution >= 0.6 is 0 Å². The normalized spacial score (nSPS) is 22.1. The zero-order valence-corrected chi connectivity index (χ0v) is 14.6. The number of aromatic nitrogens is 3. The molecule has 1 aromatic carbocycles. The third kappa shape index (κ3) is 3.23. The van der Waals surface area contributed by atoms with Crippen molar-refractivity contribution >= 4 is 10.0 Å². The molecular formula is C17H22N4O2S. The molecule has 4 rings (SSSR count). The summed E-state index contributed by atoms with van der Waals surface area (Å²) in [4.78, 5) is 0. The number of benzene rings is 1. The van der Waals surface area contributed by atoms with Gasteiger partial charge in [-0.3, -0.25) is 0 Å². The van der Waals surface area contributed by atoms with Crippen molar-refractivity contribution in [3.8, 4) is 0 Å². The zero-order chi connectivity index (χ0) is 16.7. The molecule has 1 saturated heterocycles. The molecule has 2 heterocycles. The van der Waals surface area contributed by atoms with Crippen molar-refractivity contribution in [3.63, 3.8) is 0 Å². The molecule has 2 aromatic rings. The lowest BCUT2D eigenvalue weighted by Crippen LogP contribution is -2.30. The fraction of sp³-hybridized carbons (Fsp3) is 0.529. The Morgan fingerprint density at radius 3 is 2.83 bits per heavy atom. The third-order valence-electron chi connectivity index (χ3n) is 4.85. The predicted octanol–water partition coefficient (Wildman–Crippen LogP) is 2.24. The molecule has 0 amide bonds. The molecule has 0 radical (unpaired) electrons. The second-order valence-corrected chi connectivity index (χ2v) is 8.91. The van der Waals surface area contributed by atoms with Crippen LogP contribution in [0.3, 0.4) is 0 Å². The first-order valence-electron chi connectivity index (χ1n) is 8.46. The molecule has 0 bridgehead atoms. The molecule has 0 N–H and O–H groups in total. The fourth-order valence-corrected chi connectivity index (χ4v) is 4.88. The Balaban J connectivity index is 1.44. The summed E-state index contributed by atoms with van der Waals surface area (Å²) in [5.74, 6) is 0.632. The Morgan fingerprint density at radius 2 is 2.08 bits per heavy atom. The fourth-order valence-electron chi connectivity index (χ4n) is 3.32. The van der Waals surface area contributed by atoms with Crippen LogP contribution in [0.1, 0.15) is 48.0 Å². The van der Waals surface area contributed by atoms with E-state index in [0.29, 0.717) is 19.0 Å². The standard InChI is InChI=1S/C17H22N4O2S/c1-13-3-2-4-14(9-13)12-24(22,23)20-8-7-16(10-20)21-11-17(18-19-21)15-5-6-15/h2-4,9,11,15-16H,5-8,10,12H2,1H3. The van der Waals surface area contributed by atoms with Crippen molar-refractivity contribution in [1.29, 1.82) is 0 Å². The topological polar surface area (TPSA) is 68.1 Å². The molecule has 1 aliphatic heterocycles. The van der Waals surface area contributed by atoms with Crippen LogP contribution in [-0.4, -0.2) is 40.8 Å². The maximum atomic E-state index is 12.7. The van der Waals surface area contributed by atoms with Crippen molar-refractivity contribution in [2.75, 3.05) is 13.1 Å². The molecule has 1 aliphatic carbocycles. The van der Waals surface area contributed by atoms with Crippen molar-refractivity contribution in [2.45, 2.75) is 43.9 Å². The SMILES string of the molecule is Cc1cccc(CS(=O)(=O)N2CCC(n3cc(C4CC4)nn3)C2)c1. The van der Waals surface area contributed by atoms with Crippen molar-refractivity contribution in [2.24, 2.45) is 0 Å². The highest BCUT2D eigenvalue weighted by Crippen LogP contribution is 2.39. The van der Waals surface area contributed by atoms with E-state index in [1.165, 1.54) is 12.8 Å². The Labute approximate surface area is 142 Å². The second kappa shape index (κ2) is 5.97. The van der Waals surface area contributed by atoms with Gasteiger partial charge in [0.2, 0.25) is 10.0 Å². The van der Waals surface area contributed by atoms with Gasteiger partial charge in [0.25, 0.3) is 0 Å². The van der Waals surface area contributed by atoms with Gasteiger partial charge in [-0.15, -0.1) is 5.10 Å². The average Bonchev–Trinajstić information content (AvgIpc) is 3.07. The smallest absolute Gasteiger partial charge is 0.218 e. The minimum absolute atomic E-state index is 0.0616. The predicted molar refractivity (Wildman–Crippen MR) is 91.0 cm³/mol. The lowest BCUT2D eigenvalue weighted by atomic mass is 10.2. The number of sulfonamides is 1. The number of hydrogen-bond acceptors (Lipinski definition) is 4. The molecule has 0 spiro atoms. The molecule has 6 nitrogen and oxygen atoms in total. The van der Waals surface area contributed by atoms with Gasteiger partial charge in [-0.2, -0.15) is 4.31 Å². The third-order valence-corrected chi connectivity index (χ3v) is 6.67. The summed E-state index contributed by atoms with van der Waals surface area (Å²) >= 11 is 0. The van der Waals surface area contributed by atoms with Crippen LogP contribution < -0.4 is 0 Å². The van der Waals surface area contributed by atoms with E-state index in [2.05, 4.69) is 10.3 Å². The average molecular weight is 346 g/mol. The van der Waals surface area contributed by atoms with Crippen LogP contribution in [0.15, 0.2) is 30.5 Å². The first-order chi connectivity index (χ1) is 11.5. The van der Waals surface area contributed by atoms with Gasteiger partial charge >= 0.3 is 0 Å². The maximum absolute atomic E-state index is 12.7. The van der Waals surface area contributed by atoms with E-state index in [4.69, 9.17) is 0 Å². The van der Waals surface area contributed by atoms with E-state index < -0.39 is 10.0 Å².